The molecule has 0 radical (unpaired) electrons. The van der Waals surface area contributed by atoms with Crippen LogP contribution in [-0.2, 0) is 13.1 Å². The lowest BCUT2D eigenvalue weighted by molar-refractivity contribution is 0.259. The number of urea groups is 1. The van der Waals surface area contributed by atoms with Crippen LogP contribution in [0.15, 0.2) is 36.7 Å². The van der Waals surface area contributed by atoms with Crippen LogP contribution in [0.2, 0.25) is 0 Å². The third-order valence-corrected chi connectivity index (χ3v) is 2.85. The average Bonchev–Trinajstić information content (AvgIpc) is 2.84. The van der Waals surface area contributed by atoms with Crippen molar-refractivity contribution in [3.8, 4) is 0 Å². The minimum absolute atomic E-state index is 0.569. The molecule has 0 aliphatic rings. The highest BCUT2D eigenvalue weighted by atomic mass is 16.2. The first-order valence-corrected chi connectivity index (χ1v) is 6.59. The number of carbonyl (C=O) groups excluding carboxylic acids is 1. The molecule has 1 aromatic carbocycles. The molecule has 6 nitrogen and oxygen atoms in total. The summed E-state index contributed by atoms with van der Waals surface area (Å²) in [6.07, 6.45) is 4.85. The van der Waals surface area contributed by atoms with Crippen molar-refractivity contribution in [3.63, 3.8) is 0 Å². The molecular formula is C14H19N5O. The molecule has 0 spiro atoms. The summed E-state index contributed by atoms with van der Waals surface area (Å²) in [5, 5.41) is 5.83. The van der Waals surface area contributed by atoms with Crippen LogP contribution in [0, 0.1) is 0 Å². The molecule has 2 aromatic rings. The van der Waals surface area contributed by atoms with Gasteiger partial charge in [-0.15, -0.1) is 0 Å². The number of carbonyl (C=O) groups is 1. The molecule has 106 valence electrons. The molecule has 0 atom stereocenters. The largest absolute Gasteiger partial charge is 0.378 e. The number of aryl methyl sites for hydroxylation is 1. The fraction of sp³-hybridized carbons (Fsp3) is 0.286. The number of hydrogen-bond acceptors (Lipinski definition) is 3. The van der Waals surface area contributed by atoms with E-state index in [1.165, 1.54) is 0 Å². The third kappa shape index (κ3) is 3.74. The maximum atomic E-state index is 10.8. The van der Waals surface area contributed by atoms with Crippen molar-refractivity contribution in [2.24, 2.45) is 5.73 Å². The monoisotopic (exact) mass is 273 g/mol. The first kappa shape index (κ1) is 13.9. The van der Waals surface area contributed by atoms with Gasteiger partial charge >= 0.3 is 6.03 Å². The zero-order valence-electron chi connectivity index (χ0n) is 11.5. The summed E-state index contributed by atoms with van der Waals surface area (Å²) in [7, 11) is 0. The summed E-state index contributed by atoms with van der Waals surface area (Å²) in [5.41, 5.74) is 6.67. The lowest BCUT2D eigenvalue weighted by Gasteiger charge is -2.10. The van der Waals surface area contributed by atoms with Crippen LogP contribution in [0.25, 0.3) is 0 Å². The van der Waals surface area contributed by atoms with Crippen LogP contribution in [-0.4, -0.2) is 15.6 Å². The molecule has 0 saturated heterocycles. The number of amides is 2. The number of benzene rings is 1. The highest BCUT2D eigenvalue weighted by molar-refractivity contribution is 5.88. The highest BCUT2D eigenvalue weighted by Crippen LogP contribution is 2.15. The summed E-state index contributed by atoms with van der Waals surface area (Å²) < 4.78 is 2.12. The Kier molecular flexibility index (Phi) is 4.60. The summed E-state index contributed by atoms with van der Waals surface area (Å²) in [4.78, 5) is 15.1. The van der Waals surface area contributed by atoms with Crippen molar-refractivity contribution in [1.82, 2.24) is 9.55 Å². The zero-order chi connectivity index (χ0) is 14.4. The minimum Gasteiger partial charge on any atom is -0.378 e. The fourth-order valence-corrected chi connectivity index (χ4v) is 1.98. The van der Waals surface area contributed by atoms with Gasteiger partial charge in [-0.2, -0.15) is 0 Å². The first-order chi connectivity index (χ1) is 9.69. The Morgan fingerprint density at radius 1 is 1.40 bits per heavy atom. The van der Waals surface area contributed by atoms with Gasteiger partial charge in [0.1, 0.15) is 5.82 Å². The van der Waals surface area contributed by atoms with E-state index in [0.29, 0.717) is 12.2 Å². The van der Waals surface area contributed by atoms with Crippen molar-refractivity contribution < 1.29 is 4.79 Å². The molecule has 0 aliphatic carbocycles. The molecule has 0 saturated carbocycles. The SMILES string of the molecule is CCCn1ccnc1CNc1cccc(NC(N)=O)c1. The van der Waals surface area contributed by atoms with Gasteiger partial charge < -0.3 is 20.9 Å². The Labute approximate surface area is 118 Å². The zero-order valence-corrected chi connectivity index (χ0v) is 11.5. The summed E-state index contributed by atoms with van der Waals surface area (Å²) in [5.74, 6) is 0.986. The van der Waals surface area contributed by atoms with Crippen LogP contribution in [0.4, 0.5) is 16.2 Å². The second-order valence-electron chi connectivity index (χ2n) is 4.46. The Morgan fingerprint density at radius 2 is 2.20 bits per heavy atom. The van der Waals surface area contributed by atoms with Gasteiger partial charge in [0.25, 0.3) is 0 Å². The molecular weight excluding hydrogens is 254 g/mol. The van der Waals surface area contributed by atoms with Gasteiger partial charge in [0.2, 0.25) is 0 Å². The van der Waals surface area contributed by atoms with Crippen LogP contribution in [0.3, 0.4) is 0 Å². The third-order valence-electron chi connectivity index (χ3n) is 2.85. The van der Waals surface area contributed by atoms with E-state index in [2.05, 4.69) is 27.1 Å². The molecule has 2 rings (SSSR count). The lowest BCUT2D eigenvalue weighted by atomic mass is 10.2. The van der Waals surface area contributed by atoms with Crippen molar-refractivity contribution in [3.05, 3.63) is 42.5 Å². The molecule has 6 heteroatoms. The minimum atomic E-state index is -0.569. The smallest absolute Gasteiger partial charge is 0.316 e. The maximum Gasteiger partial charge on any atom is 0.316 e. The standard InChI is InChI=1S/C14H19N5O/c1-2-7-19-8-6-16-13(19)10-17-11-4-3-5-12(9-11)18-14(15)20/h3-6,8-9,17H,2,7,10H2,1H3,(H3,15,18,20). The summed E-state index contributed by atoms with van der Waals surface area (Å²) in [6, 6.07) is 6.83. The van der Waals surface area contributed by atoms with E-state index in [9.17, 15) is 4.79 Å². The van der Waals surface area contributed by atoms with E-state index >= 15 is 0 Å². The second kappa shape index (κ2) is 6.60. The van der Waals surface area contributed by atoms with E-state index < -0.39 is 6.03 Å². The molecule has 1 aromatic heterocycles. The number of primary amides is 1. The molecule has 0 aliphatic heterocycles. The quantitative estimate of drug-likeness (QED) is 0.755. The van der Waals surface area contributed by atoms with E-state index in [1.807, 2.05) is 24.4 Å². The van der Waals surface area contributed by atoms with Crippen LogP contribution >= 0.6 is 0 Å². The average molecular weight is 273 g/mol. The Bertz CT molecular complexity index is 578. The number of nitrogens with two attached hydrogens (primary N) is 1. The van der Waals surface area contributed by atoms with Crippen molar-refractivity contribution in [1.29, 1.82) is 0 Å². The Hall–Kier alpha value is -2.50. The predicted molar refractivity (Wildman–Crippen MR) is 79.5 cm³/mol. The van der Waals surface area contributed by atoms with E-state index in [4.69, 9.17) is 5.73 Å². The van der Waals surface area contributed by atoms with Crippen molar-refractivity contribution in [2.75, 3.05) is 10.6 Å². The number of imidazole rings is 1. The van der Waals surface area contributed by atoms with Crippen molar-refractivity contribution in [2.45, 2.75) is 26.4 Å². The predicted octanol–water partition coefficient (Wildman–Crippen LogP) is 2.40. The lowest BCUT2D eigenvalue weighted by Crippen LogP contribution is -2.19. The topological polar surface area (TPSA) is 85.0 Å². The van der Waals surface area contributed by atoms with Gasteiger partial charge in [-0.25, -0.2) is 9.78 Å². The van der Waals surface area contributed by atoms with Gasteiger partial charge in [0.05, 0.1) is 6.54 Å². The van der Waals surface area contributed by atoms with E-state index in [0.717, 1.165) is 24.5 Å². The Balaban J connectivity index is 1.99. The van der Waals surface area contributed by atoms with Crippen LogP contribution in [0.5, 0.6) is 0 Å². The van der Waals surface area contributed by atoms with Gasteiger partial charge in [0.15, 0.2) is 0 Å². The van der Waals surface area contributed by atoms with Gasteiger partial charge in [-0.05, 0) is 24.6 Å². The molecule has 2 amide bonds. The molecule has 0 bridgehead atoms. The number of rotatable bonds is 6. The van der Waals surface area contributed by atoms with Gasteiger partial charge in [-0.1, -0.05) is 13.0 Å². The fourth-order valence-electron chi connectivity index (χ4n) is 1.98. The van der Waals surface area contributed by atoms with Crippen LogP contribution in [0.1, 0.15) is 19.2 Å². The molecule has 0 unspecified atom stereocenters. The molecule has 1 heterocycles. The number of nitrogens with zero attached hydrogens (tertiary/aromatic N) is 2. The summed E-state index contributed by atoms with van der Waals surface area (Å²) in [6.45, 7) is 3.73. The highest BCUT2D eigenvalue weighted by Gasteiger charge is 2.02. The maximum absolute atomic E-state index is 10.8. The van der Waals surface area contributed by atoms with Crippen molar-refractivity contribution >= 4 is 17.4 Å². The number of aromatic nitrogens is 2. The van der Waals surface area contributed by atoms with Gasteiger partial charge in [0, 0.05) is 30.3 Å². The molecule has 4 N–H and O–H groups in total. The van der Waals surface area contributed by atoms with Gasteiger partial charge in [-0.3, -0.25) is 0 Å². The number of nitrogens with one attached hydrogen (secondary N) is 2. The number of anilines is 2. The van der Waals surface area contributed by atoms with E-state index in [1.54, 1.807) is 12.3 Å². The first-order valence-electron chi connectivity index (χ1n) is 6.59. The van der Waals surface area contributed by atoms with E-state index in [-0.39, 0.29) is 0 Å². The molecule has 0 fully saturated rings. The number of hydrogen-bond donors (Lipinski definition) is 3. The second-order valence-corrected chi connectivity index (χ2v) is 4.46. The van der Waals surface area contributed by atoms with Crippen LogP contribution < -0.4 is 16.4 Å². The molecule has 20 heavy (non-hydrogen) atoms. The Morgan fingerprint density at radius 3 is 2.95 bits per heavy atom. The summed E-state index contributed by atoms with van der Waals surface area (Å²) >= 11 is 0. The normalized spacial score (nSPS) is 10.2.